The molecule has 0 atom stereocenters. The molecule has 3 rings (SSSR count). The van der Waals surface area contributed by atoms with Crippen molar-refractivity contribution in [3.05, 3.63) is 34.9 Å². The molecule has 0 saturated heterocycles. The van der Waals surface area contributed by atoms with Gasteiger partial charge >= 0.3 is 0 Å². The third-order valence-electron chi connectivity index (χ3n) is 3.81. The Morgan fingerprint density at radius 1 is 1.29 bits per heavy atom. The van der Waals surface area contributed by atoms with E-state index in [1.165, 1.54) is 0 Å². The summed E-state index contributed by atoms with van der Waals surface area (Å²) in [6, 6.07) is 5.16. The van der Waals surface area contributed by atoms with Crippen LogP contribution in [-0.2, 0) is 11.8 Å². The van der Waals surface area contributed by atoms with Gasteiger partial charge in [-0.1, -0.05) is 12.1 Å². The number of rotatable bonds is 2. The molecule has 0 bridgehead atoms. The number of nitrogens with one attached hydrogen (secondary N) is 1. The van der Waals surface area contributed by atoms with Crippen molar-refractivity contribution in [2.45, 2.75) is 31.1 Å². The quantitative estimate of drug-likeness (QED) is 0.840. The number of hydrogen-bond donors (Lipinski definition) is 1. The summed E-state index contributed by atoms with van der Waals surface area (Å²) in [6.45, 7) is 0.594. The van der Waals surface area contributed by atoms with Crippen molar-refractivity contribution in [2.24, 2.45) is 0 Å². The molecule has 90 valence electrons. The number of hydrogen-bond acceptors (Lipinski definition) is 1. The van der Waals surface area contributed by atoms with Gasteiger partial charge in [0.2, 0.25) is 6.43 Å². The minimum atomic E-state index is -2.31. The lowest BCUT2D eigenvalue weighted by Crippen LogP contribution is -2.32. The van der Waals surface area contributed by atoms with Gasteiger partial charge in [-0.2, -0.15) is 0 Å². The molecule has 1 aliphatic heterocycles. The molecule has 2 aliphatic rings. The van der Waals surface area contributed by atoms with E-state index in [1.807, 2.05) is 0 Å². The summed E-state index contributed by atoms with van der Waals surface area (Å²) in [4.78, 5) is 11.5. The summed E-state index contributed by atoms with van der Waals surface area (Å²) in [7, 11) is 0. The van der Waals surface area contributed by atoms with Crippen LogP contribution in [0.4, 0.5) is 8.78 Å². The first-order chi connectivity index (χ1) is 8.13. The molecule has 1 fully saturated rings. The van der Waals surface area contributed by atoms with Crippen LogP contribution >= 0.6 is 0 Å². The Labute approximate surface area is 98.0 Å². The molecule has 0 spiro atoms. The Morgan fingerprint density at radius 2 is 2.06 bits per heavy atom. The fourth-order valence-corrected chi connectivity index (χ4v) is 2.51. The number of carbonyl (C=O) groups excluding carboxylic acids is 1. The lowest BCUT2D eigenvalue weighted by molar-refractivity contribution is 0.0945. The largest absolute Gasteiger partial charge is 0.352 e. The first-order valence-electron chi connectivity index (χ1n) is 5.83. The monoisotopic (exact) mass is 237 g/mol. The predicted molar refractivity (Wildman–Crippen MR) is 59.4 cm³/mol. The molecule has 17 heavy (non-hydrogen) atoms. The second-order valence-electron chi connectivity index (χ2n) is 4.83. The van der Waals surface area contributed by atoms with Gasteiger partial charge in [0.25, 0.3) is 5.91 Å². The van der Waals surface area contributed by atoms with Gasteiger partial charge in [0, 0.05) is 12.1 Å². The summed E-state index contributed by atoms with van der Waals surface area (Å²) < 4.78 is 26.0. The molecule has 1 saturated carbocycles. The second-order valence-corrected chi connectivity index (χ2v) is 4.83. The molecule has 1 aromatic carbocycles. The summed E-state index contributed by atoms with van der Waals surface area (Å²) in [5, 5.41) is 2.75. The molecule has 1 aliphatic carbocycles. The van der Waals surface area contributed by atoms with E-state index < -0.39 is 11.8 Å². The fraction of sp³-hybridized carbons (Fsp3) is 0.462. The van der Waals surface area contributed by atoms with Gasteiger partial charge in [0.05, 0.1) is 5.41 Å². The van der Waals surface area contributed by atoms with E-state index in [0.29, 0.717) is 30.5 Å². The molecule has 1 amide bonds. The molecular formula is C13H13F2NO. The number of carbonyl (C=O) groups is 1. The Kier molecular flexibility index (Phi) is 2.21. The van der Waals surface area contributed by atoms with E-state index in [-0.39, 0.29) is 5.91 Å². The molecule has 0 radical (unpaired) electrons. The fourth-order valence-electron chi connectivity index (χ4n) is 2.51. The van der Waals surface area contributed by atoms with Crippen LogP contribution in [0.1, 0.15) is 34.3 Å². The summed E-state index contributed by atoms with van der Waals surface area (Å²) in [5.41, 5.74) is 1.30. The van der Waals surface area contributed by atoms with E-state index in [2.05, 4.69) is 5.32 Å². The van der Waals surface area contributed by atoms with Crippen LogP contribution in [0.5, 0.6) is 0 Å². The lowest BCUT2D eigenvalue weighted by Gasteiger charge is -2.20. The van der Waals surface area contributed by atoms with Gasteiger partial charge in [-0.3, -0.25) is 4.79 Å². The van der Waals surface area contributed by atoms with Crippen LogP contribution in [0.25, 0.3) is 0 Å². The van der Waals surface area contributed by atoms with Crippen molar-refractivity contribution >= 4 is 5.91 Å². The smallest absolute Gasteiger partial charge is 0.251 e. The number of fused-ring (bicyclic) bond motifs is 1. The van der Waals surface area contributed by atoms with E-state index in [4.69, 9.17) is 0 Å². The highest BCUT2D eigenvalue weighted by Crippen LogP contribution is 2.52. The number of amides is 1. The van der Waals surface area contributed by atoms with Crippen molar-refractivity contribution < 1.29 is 13.6 Å². The molecule has 0 aromatic heterocycles. The van der Waals surface area contributed by atoms with Crippen LogP contribution in [-0.4, -0.2) is 18.9 Å². The van der Waals surface area contributed by atoms with Crippen LogP contribution in [0, 0.1) is 0 Å². The first-order valence-corrected chi connectivity index (χ1v) is 5.83. The van der Waals surface area contributed by atoms with Gasteiger partial charge in [-0.25, -0.2) is 8.78 Å². The molecule has 1 aromatic rings. The maximum atomic E-state index is 13.0. The molecule has 2 nitrogen and oxygen atoms in total. The number of alkyl halides is 2. The Morgan fingerprint density at radius 3 is 2.71 bits per heavy atom. The molecule has 4 heteroatoms. The number of benzene rings is 1. The number of halogens is 2. The maximum absolute atomic E-state index is 13.0. The highest BCUT2D eigenvalue weighted by Gasteiger charge is 2.52. The average molecular weight is 237 g/mol. The van der Waals surface area contributed by atoms with Crippen LogP contribution in [0.3, 0.4) is 0 Å². The maximum Gasteiger partial charge on any atom is 0.251 e. The topological polar surface area (TPSA) is 29.1 Å². The van der Waals surface area contributed by atoms with E-state index in [1.54, 1.807) is 18.2 Å². The van der Waals surface area contributed by atoms with E-state index in [0.717, 1.165) is 12.0 Å². The summed E-state index contributed by atoms with van der Waals surface area (Å²) in [5.74, 6) is -0.0975. The van der Waals surface area contributed by atoms with Crippen molar-refractivity contribution in [1.82, 2.24) is 5.32 Å². The third-order valence-corrected chi connectivity index (χ3v) is 3.81. The second kappa shape index (κ2) is 3.52. The normalized spacial score (nSPS) is 21.0. The first kappa shape index (κ1) is 10.7. The zero-order valence-electron chi connectivity index (χ0n) is 9.30. The van der Waals surface area contributed by atoms with Crippen molar-refractivity contribution in [3.63, 3.8) is 0 Å². The lowest BCUT2D eigenvalue weighted by atomic mass is 9.90. The van der Waals surface area contributed by atoms with Gasteiger partial charge < -0.3 is 5.32 Å². The minimum absolute atomic E-state index is 0.0975. The molecule has 1 N–H and O–H groups in total. The standard InChI is InChI=1S/C13H13F2NO/c14-12(15)13(4-5-13)9-1-2-10-8(7-9)3-6-16-11(10)17/h1-2,7,12H,3-6H2,(H,16,17). The van der Waals surface area contributed by atoms with E-state index in [9.17, 15) is 13.6 Å². The summed E-state index contributed by atoms with van der Waals surface area (Å²) in [6.07, 6.45) is -0.475. The zero-order chi connectivity index (χ0) is 12.0. The van der Waals surface area contributed by atoms with E-state index >= 15 is 0 Å². The highest BCUT2D eigenvalue weighted by atomic mass is 19.3. The third kappa shape index (κ3) is 1.54. The Bertz CT molecular complexity index is 480. The van der Waals surface area contributed by atoms with Gasteiger partial charge in [0.15, 0.2) is 0 Å². The van der Waals surface area contributed by atoms with Crippen molar-refractivity contribution in [2.75, 3.05) is 6.54 Å². The van der Waals surface area contributed by atoms with Gasteiger partial charge in [0.1, 0.15) is 0 Å². The van der Waals surface area contributed by atoms with Gasteiger partial charge in [-0.15, -0.1) is 0 Å². The molecule has 1 heterocycles. The van der Waals surface area contributed by atoms with Crippen molar-refractivity contribution in [3.8, 4) is 0 Å². The Balaban J connectivity index is 2.02. The van der Waals surface area contributed by atoms with Crippen LogP contribution < -0.4 is 5.32 Å². The summed E-state index contributed by atoms with van der Waals surface area (Å²) >= 11 is 0. The van der Waals surface area contributed by atoms with Crippen molar-refractivity contribution in [1.29, 1.82) is 0 Å². The minimum Gasteiger partial charge on any atom is -0.352 e. The molecular weight excluding hydrogens is 224 g/mol. The van der Waals surface area contributed by atoms with Crippen LogP contribution in [0.2, 0.25) is 0 Å². The zero-order valence-corrected chi connectivity index (χ0v) is 9.30. The molecule has 0 unspecified atom stereocenters. The average Bonchev–Trinajstić information content (AvgIpc) is 3.10. The SMILES string of the molecule is O=C1NCCc2cc(C3(C(F)F)CC3)ccc21. The predicted octanol–water partition coefficient (Wildman–Crippen LogP) is 2.27. The van der Waals surface area contributed by atoms with Crippen LogP contribution in [0.15, 0.2) is 18.2 Å². The highest BCUT2D eigenvalue weighted by molar-refractivity contribution is 5.96. The van der Waals surface area contributed by atoms with Gasteiger partial charge in [-0.05, 0) is 36.5 Å². The Hall–Kier alpha value is -1.45.